The molecule has 0 aliphatic rings. The van der Waals surface area contributed by atoms with Crippen molar-refractivity contribution < 1.29 is 31.1 Å². The quantitative estimate of drug-likeness (QED) is 0.672. The number of anilines is 1. The van der Waals surface area contributed by atoms with Crippen LogP contribution in [0.4, 0.5) is 18.9 Å². The molecule has 2 aromatic carbocycles. The Kier molecular flexibility index (Phi) is 6.90. The van der Waals surface area contributed by atoms with Gasteiger partial charge in [0.1, 0.15) is 18.9 Å². The molecule has 0 saturated heterocycles. The van der Waals surface area contributed by atoms with E-state index in [-0.39, 0.29) is 18.8 Å². The van der Waals surface area contributed by atoms with Crippen molar-refractivity contribution in [2.45, 2.75) is 6.18 Å². The first kappa shape index (κ1) is 21.5. The monoisotopic (exact) mass is 416 g/mol. The van der Waals surface area contributed by atoms with Crippen LogP contribution in [0.1, 0.15) is 5.56 Å². The Morgan fingerprint density at radius 3 is 2.39 bits per heavy atom. The van der Waals surface area contributed by atoms with Gasteiger partial charge in [-0.3, -0.25) is 9.10 Å². The molecule has 0 heterocycles. The first-order valence-electron chi connectivity index (χ1n) is 8.17. The van der Waals surface area contributed by atoms with Gasteiger partial charge in [-0.1, -0.05) is 24.3 Å². The predicted octanol–water partition coefficient (Wildman–Crippen LogP) is 2.67. The minimum Gasteiger partial charge on any atom is -0.492 e. The van der Waals surface area contributed by atoms with Gasteiger partial charge >= 0.3 is 6.18 Å². The topological polar surface area (TPSA) is 75.7 Å². The molecule has 6 nitrogen and oxygen atoms in total. The van der Waals surface area contributed by atoms with E-state index in [1.165, 1.54) is 6.07 Å². The Hall–Kier alpha value is -2.75. The molecule has 0 spiro atoms. The van der Waals surface area contributed by atoms with E-state index >= 15 is 0 Å². The SMILES string of the molecule is CS(=O)(=O)N(CC(=O)NCCOc1ccccc1)c1cccc(C(F)(F)F)c1. The van der Waals surface area contributed by atoms with Gasteiger partial charge in [0.2, 0.25) is 15.9 Å². The molecule has 0 bridgehead atoms. The van der Waals surface area contributed by atoms with Gasteiger partial charge in [-0.2, -0.15) is 13.2 Å². The number of carbonyl (C=O) groups excluding carboxylic acids is 1. The molecule has 0 radical (unpaired) electrons. The van der Waals surface area contributed by atoms with Crippen molar-refractivity contribution >= 4 is 21.6 Å². The summed E-state index contributed by atoms with van der Waals surface area (Å²) in [5.74, 6) is -0.0574. The third-order valence-electron chi connectivity index (χ3n) is 3.59. The summed E-state index contributed by atoms with van der Waals surface area (Å²) in [7, 11) is -3.97. The fourth-order valence-corrected chi connectivity index (χ4v) is 3.15. The molecule has 0 fully saturated rings. The van der Waals surface area contributed by atoms with Gasteiger partial charge in [-0.15, -0.1) is 0 Å². The number of rotatable bonds is 8. The Morgan fingerprint density at radius 2 is 1.79 bits per heavy atom. The van der Waals surface area contributed by atoms with E-state index in [2.05, 4.69) is 5.32 Å². The van der Waals surface area contributed by atoms with Crippen LogP contribution in [0.5, 0.6) is 5.75 Å². The number of hydrogen-bond acceptors (Lipinski definition) is 4. The molecule has 10 heteroatoms. The maximum Gasteiger partial charge on any atom is 0.416 e. The summed E-state index contributed by atoms with van der Waals surface area (Å²) in [6.45, 7) is -0.391. The maximum atomic E-state index is 12.9. The third kappa shape index (κ3) is 6.45. The number of amides is 1. The van der Waals surface area contributed by atoms with Crippen LogP contribution in [0.15, 0.2) is 54.6 Å². The molecule has 0 unspecified atom stereocenters. The lowest BCUT2D eigenvalue weighted by atomic mass is 10.2. The highest BCUT2D eigenvalue weighted by Crippen LogP contribution is 2.32. The first-order chi connectivity index (χ1) is 13.1. The Labute approximate surface area is 161 Å². The second-order valence-corrected chi connectivity index (χ2v) is 7.74. The molecular weight excluding hydrogens is 397 g/mol. The van der Waals surface area contributed by atoms with Crippen LogP contribution in [-0.4, -0.2) is 40.3 Å². The van der Waals surface area contributed by atoms with E-state index in [0.717, 1.165) is 18.4 Å². The number of nitrogens with zero attached hydrogens (tertiary/aromatic N) is 1. The van der Waals surface area contributed by atoms with E-state index in [4.69, 9.17) is 4.74 Å². The molecule has 28 heavy (non-hydrogen) atoms. The predicted molar refractivity (Wildman–Crippen MR) is 98.6 cm³/mol. The number of halogens is 3. The average Bonchev–Trinajstić information content (AvgIpc) is 2.62. The molecule has 0 saturated carbocycles. The normalized spacial score (nSPS) is 11.7. The Bertz CT molecular complexity index is 903. The van der Waals surface area contributed by atoms with Crippen LogP contribution in [0.25, 0.3) is 0 Å². The van der Waals surface area contributed by atoms with Crippen molar-refractivity contribution in [1.82, 2.24) is 5.32 Å². The van der Waals surface area contributed by atoms with E-state index in [9.17, 15) is 26.4 Å². The van der Waals surface area contributed by atoms with E-state index < -0.39 is 34.2 Å². The second kappa shape index (κ2) is 8.96. The number of benzene rings is 2. The molecule has 152 valence electrons. The summed E-state index contributed by atoms with van der Waals surface area (Å²) in [6.07, 6.45) is -3.81. The number of ether oxygens (including phenoxy) is 1. The summed E-state index contributed by atoms with van der Waals surface area (Å²) in [5, 5.41) is 2.48. The summed E-state index contributed by atoms with van der Waals surface area (Å²) >= 11 is 0. The van der Waals surface area contributed by atoms with Gasteiger partial charge < -0.3 is 10.1 Å². The zero-order chi connectivity index (χ0) is 20.8. The minimum absolute atomic E-state index is 0.105. The fourth-order valence-electron chi connectivity index (χ4n) is 2.30. The smallest absolute Gasteiger partial charge is 0.416 e. The summed E-state index contributed by atoms with van der Waals surface area (Å²) < 4.78 is 68.6. The summed E-state index contributed by atoms with van der Waals surface area (Å²) in [5.41, 5.74) is -1.25. The number of hydrogen-bond donors (Lipinski definition) is 1. The molecule has 1 amide bonds. The van der Waals surface area contributed by atoms with Crippen LogP contribution < -0.4 is 14.4 Å². The summed E-state index contributed by atoms with van der Waals surface area (Å²) in [6, 6.07) is 12.7. The van der Waals surface area contributed by atoms with Crippen LogP contribution in [0.3, 0.4) is 0 Å². The molecule has 0 aliphatic carbocycles. The van der Waals surface area contributed by atoms with E-state index in [0.29, 0.717) is 16.1 Å². The zero-order valence-electron chi connectivity index (χ0n) is 14.9. The number of carbonyl (C=O) groups is 1. The van der Waals surface area contributed by atoms with Gasteiger partial charge in [0, 0.05) is 0 Å². The Morgan fingerprint density at radius 1 is 1.11 bits per heavy atom. The van der Waals surface area contributed by atoms with Gasteiger partial charge in [-0.25, -0.2) is 8.42 Å². The lowest BCUT2D eigenvalue weighted by Crippen LogP contribution is -2.41. The number of sulfonamides is 1. The average molecular weight is 416 g/mol. The number of para-hydroxylation sites is 1. The lowest BCUT2D eigenvalue weighted by Gasteiger charge is -2.22. The van der Waals surface area contributed by atoms with Crippen molar-refractivity contribution in [2.75, 3.05) is 30.3 Å². The molecule has 0 aromatic heterocycles. The molecule has 2 rings (SSSR count). The molecule has 2 aromatic rings. The molecule has 0 atom stereocenters. The number of nitrogens with one attached hydrogen (secondary N) is 1. The Balaban J connectivity index is 2.00. The maximum absolute atomic E-state index is 12.9. The molecular formula is C18H19F3N2O4S. The van der Waals surface area contributed by atoms with Crippen molar-refractivity contribution in [3.8, 4) is 5.75 Å². The lowest BCUT2D eigenvalue weighted by molar-refractivity contribution is -0.137. The van der Waals surface area contributed by atoms with Crippen molar-refractivity contribution in [3.05, 3.63) is 60.2 Å². The highest BCUT2D eigenvalue weighted by Gasteiger charge is 2.31. The molecule has 0 aliphatic heterocycles. The van der Waals surface area contributed by atoms with Gasteiger partial charge in [-0.05, 0) is 30.3 Å². The minimum atomic E-state index is -4.63. The van der Waals surface area contributed by atoms with Crippen LogP contribution in [0, 0.1) is 0 Å². The highest BCUT2D eigenvalue weighted by atomic mass is 32.2. The first-order valence-corrected chi connectivity index (χ1v) is 10.0. The number of alkyl halides is 3. The van der Waals surface area contributed by atoms with Gasteiger partial charge in [0.15, 0.2) is 0 Å². The third-order valence-corrected chi connectivity index (χ3v) is 4.73. The second-order valence-electron chi connectivity index (χ2n) is 5.83. The fraction of sp³-hybridized carbons (Fsp3) is 0.278. The van der Waals surface area contributed by atoms with Crippen LogP contribution in [-0.2, 0) is 21.0 Å². The van der Waals surface area contributed by atoms with Crippen molar-refractivity contribution in [3.63, 3.8) is 0 Å². The highest BCUT2D eigenvalue weighted by molar-refractivity contribution is 7.92. The van der Waals surface area contributed by atoms with Gasteiger partial charge in [0.25, 0.3) is 0 Å². The van der Waals surface area contributed by atoms with Crippen molar-refractivity contribution in [2.24, 2.45) is 0 Å². The largest absolute Gasteiger partial charge is 0.492 e. The van der Waals surface area contributed by atoms with Gasteiger partial charge in [0.05, 0.1) is 24.1 Å². The summed E-state index contributed by atoms with van der Waals surface area (Å²) in [4.78, 5) is 12.1. The zero-order valence-corrected chi connectivity index (χ0v) is 15.8. The molecule has 1 N–H and O–H groups in total. The van der Waals surface area contributed by atoms with Crippen LogP contribution >= 0.6 is 0 Å². The standard InChI is InChI=1S/C18H19F3N2O4S/c1-28(25,26)23(15-7-5-6-14(12-15)18(19,20)21)13-17(24)22-10-11-27-16-8-3-2-4-9-16/h2-9,12H,10-11,13H2,1H3,(H,22,24). The van der Waals surface area contributed by atoms with Crippen molar-refractivity contribution in [1.29, 1.82) is 0 Å². The van der Waals surface area contributed by atoms with E-state index in [1.807, 2.05) is 6.07 Å². The van der Waals surface area contributed by atoms with Crippen LogP contribution in [0.2, 0.25) is 0 Å². The van der Waals surface area contributed by atoms with E-state index in [1.54, 1.807) is 24.3 Å².